The molecule has 1 amide bonds. The molecule has 1 aliphatic carbocycles. The summed E-state index contributed by atoms with van der Waals surface area (Å²) in [5.41, 5.74) is 1.79. The second kappa shape index (κ2) is 9.21. The highest BCUT2D eigenvalue weighted by molar-refractivity contribution is 7.17. The number of rotatable bonds is 6. The molecule has 0 unspecified atom stereocenters. The molecular weight excluding hydrogens is 478 g/mol. The second-order valence-electron chi connectivity index (χ2n) is 8.27. The van der Waals surface area contributed by atoms with Gasteiger partial charge in [0.05, 0.1) is 30.0 Å². The van der Waals surface area contributed by atoms with Crippen LogP contribution in [-0.4, -0.2) is 33.8 Å². The highest BCUT2D eigenvalue weighted by Gasteiger charge is 2.28. The average Bonchev–Trinajstić information content (AvgIpc) is 3.56. The molecule has 5 rings (SSSR count). The van der Waals surface area contributed by atoms with E-state index < -0.39 is 18.3 Å². The van der Waals surface area contributed by atoms with Crippen LogP contribution in [0.15, 0.2) is 28.9 Å². The first-order valence-electron chi connectivity index (χ1n) is 11.1. The van der Waals surface area contributed by atoms with Gasteiger partial charge in [0.2, 0.25) is 5.91 Å². The Labute approximate surface area is 202 Å². The van der Waals surface area contributed by atoms with Gasteiger partial charge in [-0.05, 0) is 56.4 Å². The van der Waals surface area contributed by atoms with E-state index in [1.54, 1.807) is 19.1 Å². The van der Waals surface area contributed by atoms with Crippen molar-refractivity contribution in [2.75, 3.05) is 12.4 Å². The normalized spacial score (nSPS) is 13.3. The lowest BCUT2D eigenvalue weighted by atomic mass is 9.95. The van der Waals surface area contributed by atoms with E-state index in [9.17, 15) is 18.4 Å². The van der Waals surface area contributed by atoms with Crippen molar-refractivity contribution < 1.29 is 27.5 Å². The highest BCUT2D eigenvalue weighted by Crippen LogP contribution is 2.39. The van der Waals surface area contributed by atoms with Crippen molar-refractivity contribution in [3.05, 3.63) is 51.7 Å². The number of amides is 1. The number of methoxy groups -OCH3 is 1. The molecule has 0 atom stereocenters. The zero-order valence-corrected chi connectivity index (χ0v) is 19.9. The number of fused-ring (bicyclic) bond motifs is 2. The van der Waals surface area contributed by atoms with E-state index >= 15 is 0 Å². The lowest BCUT2D eigenvalue weighted by molar-refractivity contribution is -0.116. The Morgan fingerprint density at radius 1 is 1.31 bits per heavy atom. The second-order valence-corrected chi connectivity index (χ2v) is 9.38. The summed E-state index contributed by atoms with van der Waals surface area (Å²) in [4.78, 5) is 31.0. The standard InChI is InChI=1S/C24H22F2N4O4S/c1-12-19-14(21(25)26)10-15(16-7-5-9-34-16)27-22(19)30(29-12)11-18(31)28-23-20(24(32)33-2)13-6-3-4-8-17(13)35-23/h5,7,9-10,21H,3-4,6,8,11H2,1-2H3,(H,28,31). The Morgan fingerprint density at radius 2 is 2.11 bits per heavy atom. The van der Waals surface area contributed by atoms with Crippen molar-refractivity contribution in [2.24, 2.45) is 0 Å². The number of pyridine rings is 1. The van der Waals surface area contributed by atoms with Crippen molar-refractivity contribution in [2.45, 2.75) is 45.6 Å². The highest BCUT2D eigenvalue weighted by atomic mass is 32.1. The van der Waals surface area contributed by atoms with E-state index in [1.165, 1.54) is 35.5 Å². The third-order valence-corrected chi connectivity index (χ3v) is 7.23. The Morgan fingerprint density at radius 3 is 2.83 bits per heavy atom. The first-order valence-corrected chi connectivity index (χ1v) is 11.9. The number of halogens is 2. The molecular formula is C24H22F2N4O4S. The van der Waals surface area contributed by atoms with Gasteiger partial charge in [-0.15, -0.1) is 11.3 Å². The van der Waals surface area contributed by atoms with Gasteiger partial charge in [-0.2, -0.15) is 5.10 Å². The Bertz CT molecular complexity index is 1430. The molecule has 11 heteroatoms. The topological polar surface area (TPSA) is 99.2 Å². The molecule has 4 aromatic heterocycles. The van der Waals surface area contributed by atoms with Crippen LogP contribution in [0.25, 0.3) is 22.5 Å². The molecule has 1 N–H and O–H groups in total. The zero-order chi connectivity index (χ0) is 24.7. The molecule has 8 nitrogen and oxygen atoms in total. The molecule has 0 bridgehead atoms. The van der Waals surface area contributed by atoms with Crippen LogP contribution in [0.5, 0.6) is 0 Å². The quantitative estimate of drug-likeness (QED) is 0.361. The average molecular weight is 501 g/mol. The Kier molecular flexibility index (Phi) is 6.10. The fraction of sp³-hybridized carbons (Fsp3) is 0.333. The van der Waals surface area contributed by atoms with E-state index in [2.05, 4.69) is 15.4 Å². The van der Waals surface area contributed by atoms with E-state index in [0.29, 0.717) is 22.0 Å². The van der Waals surface area contributed by atoms with Crippen LogP contribution < -0.4 is 5.32 Å². The lowest BCUT2D eigenvalue weighted by Gasteiger charge is -2.12. The molecule has 182 valence electrons. The summed E-state index contributed by atoms with van der Waals surface area (Å²) in [5, 5.41) is 7.75. The Hall–Kier alpha value is -3.60. The van der Waals surface area contributed by atoms with Crippen molar-refractivity contribution in [1.29, 1.82) is 0 Å². The fourth-order valence-corrected chi connectivity index (χ4v) is 5.79. The van der Waals surface area contributed by atoms with Crippen LogP contribution in [0.3, 0.4) is 0 Å². The van der Waals surface area contributed by atoms with Gasteiger partial charge < -0.3 is 14.5 Å². The number of carbonyl (C=O) groups excluding carboxylic acids is 2. The van der Waals surface area contributed by atoms with Crippen LogP contribution in [0.4, 0.5) is 13.8 Å². The number of hydrogen-bond acceptors (Lipinski definition) is 7. The third kappa shape index (κ3) is 4.20. The number of hydrogen-bond donors (Lipinski definition) is 1. The van der Waals surface area contributed by atoms with Crippen LogP contribution in [0.1, 0.15) is 51.3 Å². The minimum atomic E-state index is -2.76. The molecule has 0 aromatic carbocycles. The van der Waals surface area contributed by atoms with Crippen LogP contribution in [-0.2, 0) is 28.9 Å². The number of furan rings is 1. The smallest absolute Gasteiger partial charge is 0.341 e. The molecule has 1 aliphatic rings. The number of thiophene rings is 1. The maximum atomic E-state index is 13.9. The molecule has 0 aliphatic heterocycles. The van der Waals surface area contributed by atoms with Crippen molar-refractivity contribution in [3.8, 4) is 11.5 Å². The number of carbonyl (C=O) groups is 2. The molecule has 4 heterocycles. The molecule has 0 radical (unpaired) electrons. The van der Waals surface area contributed by atoms with Crippen molar-refractivity contribution in [3.63, 3.8) is 0 Å². The predicted octanol–water partition coefficient (Wildman–Crippen LogP) is 5.30. The maximum Gasteiger partial charge on any atom is 0.341 e. The number of esters is 1. The Balaban J connectivity index is 1.50. The SMILES string of the molecule is COC(=O)c1c(NC(=O)Cn2nc(C)c3c(C(F)F)cc(-c4ccco4)nc32)sc2c1CCCC2. The van der Waals surface area contributed by atoms with Crippen molar-refractivity contribution in [1.82, 2.24) is 14.8 Å². The number of anilines is 1. The zero-order valence-electron chi connectivity index (χ0n) is 19.1. The van der Waals surface area contributed by atoms with Gasteiger partial charge in [0.25, 0.3) is 6.43 Å². The summed E-state index contributed by atoms with van der Waals surface area (Å²) in [7, 11) is 1.31. The summed E-state index contributed by atoms with van der Waals surface area (Å²) in [5.74, 6) is -0.621. The van der Waals surface area contributed by atoms with Crippen LogP contribution >= 0.6 is 11.3 Å². The van der Waals surface area contributed by atoms with E-state index in [4.69, 9.17) is 9.15 Å². The van der Waals surface area contributed by atoms with E-state index in [-0.39, 0.29) is 28.8 Å². The first kappa shape index (κ1) is 23.2. The number of ether oxygens (including phenoxy) is 1. The number of nitrogens with one attached hydrogen (secondary N) is 1. The minimum Gasteiger partial charge on any atom is -0.465 e. The van der Waals surface area contributed by atoms with Gasteiger partial charge in [-0.3, -0.25) is 4.79 Å². The monoisotopic (exact) mass is 500 g/mol. The minimum absolute atomic E-state index is 0.153. The summed E-state index contributed by atoms with van der Waals surface area (Å²) >= 11 is 1.37. The predicted molar refractivity (Wildman–Crippen MR) is 126 cm³/mol. The number of aromatic nitrogens is 3. The molecule has 4 aromatic rings. The maximum absolute atomic E-state index is 13.9. The van der Waals surface area contributed by atoms with Gasteiger partial charge in [-0.25, -0.2) is 23.2 Å². The summed E-state index contributed by atoms with van der Waals surface area (Å²) in [6.07, 6.45) is 2.26. The molecule has 0 saturated heterocycles. The number of alkyl halides is 2. The van der Waals surface area contributed by atoms with Gasteiger partial charge in [0, 0.05) is 10.4 Å². The summed E-state index contributed by atoms with van der Waals surface area (Å²) in [6, 6.07) is 4.54. The van der Waals surface area contributed by atoms with Gasteiger partial charge in [0.15, 0.2) is 11.4 Å². The van der Waals surface area contributed by atoms with Gasteiger partial charge >= 0.3 is 5.97 Å². The number of nitrogens with zero attached hydrogens (tertiary/aromatic N) is 3. The van der Waals surface area contributed by atoms with Gasteiger partial charge in [0.1, 0.15) is 17.2 Å². The van der Waals surface area contributed by atoms with Crippen molar-refractivity contribution >= 4 is 39.2 Å². The lowest BCUT2D eigenvalue weighted by Crippen LogP contribution is -2.21. The van der Waals surface area contributed by atoms with E-state index in [1.807, 2.05) is 0 Å². The largest absolute Gasteiger partial charge is 0.465 e. The molecule has 0 fully saturated rings. The van der Waals surface area contributed by atoms with Gasteiger partial charge in [-0.1, -0.05) is 0 Å². The summed E-state index contributed by atoms with van der Waals surface area (Å²) < 4.78 is 39.4. The third-order valence-electron chi connectivity index (χ3n) is 6.02. The van der Waals surface area contributed by atoms with Crippen LogP contribution in [0.2, 0.25) is 0 Å². The molecule has 0 spiro atoms. The molecule has 0 saturated carbocycles. The first-order chi connectivity index (χ1) is 16.9. The van der Waals surface area contributed by atoms with E-state index in [0.717, 1.165) is 36.1 Å². The molecule has 35 heavy (non-hydrogen) atoms. The number of aryl methyl sites for hydroxylation is 2. The van der Waals surface area contributed by atoms with Crippen LogP contribution in [0, 0.1) is 6.92 Å². The summed E-state index contributed by atoms with van der Waals surface area (Å²) in [6.45, 7) is 1.32. The fourth-order valence-electron chi connectivity index (χ4n) is 4.49.